The van der Waals surface area contributed by atoms with Crippen LogP contribution in [0, 0.1) is 0 Å². The van der Waals surface area contributed by atoms with Crippen LogP contribution in [0.2, 0.25) is 0 Å². The number of aryl methyl sites for hydroxylation is 1. The molecule has 1 heterocycles. The SMILES string of the molecule is CSc1ccccc1-c1ccc2c(c1)CCC(N1CCCC1)C2. The molecule has 0 aromatic heterocycles. The molecule has 0 bridgehead atoms. The summed E-state index contributed by atoms with van der Waals surface area (Å²) in [6.45, 7) is 2.64. The van der Waals surface area contributed by atoms with Gasteiger partial charge in [-0.25, -0.2) is 0 Å². The molecule has 120 valence electrons. The van der Waals surface area contributed by atoms with Crippen molar-refractivity contribution in [3.8, 4) is 11.1 Å². The minimum absolute atomic E-state index is 0.786. The molecule has 1 unspecified atom stereocenters. The van der Waals surface area contributed by atoms with Gasteiger partial charge in [-0.15, -0.1) is 11.8 Å². The number of fused-ring (bicyclic) bond motifs is 1. The van der Waals surface area contributed by atoms with Crippen LogP contribution >= 0.6 is 11.8 Å². The van der Waals surface area contributed by atoms with Crippen LogP contribution in [0.5, 0.6) is 0 Å². The van der Waals surface area contributed by atoms with E-state index in [0.717, 1.165) is 6.04 Å². The van der Waals surface area contributed by atoms with Gasteiger partial charge < -0.3 is 4.90 Å². The Morgan fingerprint density at radius 2 is 1.83 bits per heavy atom. The summed E-state index contributed by atoms with van der Waals surface area (Å²) in [7, 11) is 0. The van der Waals surface area contributed by atoms with E-state index in [1.54, 1.807) is 11.1 Å². The van der Waals surface area contributed by atoms with Crippen LogP contribution in [0.4, 0.5) is 0 Å². The number of thioether (sulfide) groups is 1. The molecule has 1 aliphatic heterocycles. The number of nitrogens with zero attached hydrogens (tertiary/aromatic N) is 1. The molecule has 1 nitrogen and oxygen atoms in total. The molecule has 4 rings (SSSR count). The first-order chi connectivity index (χ1) is 11.3. The smallest absolute Gasteiger partial charge is 0.0148 e. The van der Waals surface area contributed by atoms with Gasteiger partial charge >= 0.3 is 0 Å². The minimum Gasteiger partial charge on any atom is -0.300 e. The second kappa shape index (κ2) is 6.70. The molecule has 0 radical (unpaired) electrons. The number of benzene rings is 2. The zero-order chi connectivity index (χ0) is 15.6. The van der Waals surface area contributed by atoms with Crippen molar-refractivity contribution in [3.63, 3.8) is 0 Å². The van der Waals surface area contributed by atoms with Gasteiger partial charge in [0.05, 0.1) is 0 Å². The molecule has 0 saturated carbocycles. The molecular formula is C21H25NS. The average molecular weight is 324 g/mol. The maximum Gasteiger partial charge on any atom is 0.0148 e. The van der Waals surface area contributed by atoms with Crippen molar-refractivity contribution < 1.29 is 0 Å². The van der Waals surface area contributed by atoms with E-state index in [-0.39, 0.29) is 0 Å². The molecule has 2 aliphatic rings. The maximum atomic E-state index is 2.72. The van der Waals surface area contributed by atoms with Gasteiger partial charge in [0.25, 0.3) is 0 Å². The summed E-state index contributed by atoms with van der Waals surface area (Å²) in [5, 5.41) is 0. The van der Waals surface area contributed by atoms with E-state index in [1.807, 2.05) is 11.8 Å². The molecule has 1 atom stereocenters. The summed E-state index contributed by atoms with van der Waals surface area (Å²) in [6, 6.07) is 16.7. The van der Waals surface area contributed by atoms with Crippen molar-refractivity contribution in [2.45, 2.75) is 43.0 Å². The summed E-state index contributed by atoms with van der Waals surface area (Å²) in [5.41, 5.74) is 5.92. The van der Waals surface area contributed by atoms with Gasteiger partial charge in [-0.05, 0) is 79.8 Å². The third kappa shape index (κ3) is 3.07. The van der Waals surface area contributed by atoms with Crippen LogP contribution in [0.25, 0.3) is 11.1 Å². The number of likely N-dealkylation sites (tertiary alicyclic amines) is 1. The Balaban J connectivity index is 1.60. The molecule has 1 saturated heterocycles. The number of rotatable bonds is 3. The fraction of sp³-hybridized carbons (Fsp3) is 0.429. The highest BCUT2D eigenvalue weighted by Crippen LogP contribution is 2.34. The van der Waals surface area contributed by atoms with Crippen LogP contribution in [-0.4, -0.2) is 30.3 Å². The zero-order valence-electron chi connectivity index (χ0n) is 13.9. The second-order valence-corrected chi connectivity index (χ2v) is 7.67. The minimum atomic E-state index is 0.786. The molecule has 0 spiro atoms. The standard InChI is InChI=1S/C21H25NS/c1-23-21-7-3-2-6-20(21)18-9-8-17-15-19(11-10-16(17)14-18)22-12-4-5-13-22/h2-3,6-9,14,19H,4-5,10-13,15H2,1H3. The van der Waals surface area contributed by atoms with Gasteiger partial charge in [-0.1, -0.05) is 36.4 Å². The van der Waals surface area contributed by atoms with Crippen LogP contribution in [-0.2, 0) is 12.8 Å². The summed E-state index contributed by atoms with van der Waals surface area (Å²) in [6.07, 6.45) is 8.78. The lowest BCUT2D eigenvalue weighted by Crippen LogP contribution is -2.37. The van der Waals surface area contributed by atoms with Crippen LogP contribution in [0.1, 0.15) is 30.4 Å². The van der Waals surface area contributed by atoms with Gasteiger partial charge in [0.2, 0.25) is 0 Å². The van der Waals surface area contributed by atoms with Crippen molar-refractivity contribution in [1.29, 1.82) is 0 Å². The van der Waals surface area contributed by atoms with Gasteiger partial charge in [-0.2, -0.15) is 0 Å². The molecule has 0 N–H and O–H groups in total. The Kier molecular flexibility index (Phi) is 4.46. The Labute approximate surface area is 144 Å². The highest BCUT2D eigenvalue weighted by atomic mass is 32.2. The molecule has 1 aliphatic carbocycles. The van der Waals surface area contributed by atoms with E-state index in [4.69, 9.17) is 0 Å². The molecule has 2 aromatic carbocycles. The van der Waals surface area contributed by atoms with E-state index in [9.17, 15) is 0 Å². The number of hydrogen-bond acceptors (Lipinski definition) is 2. The maximum absolute atomic E-state index is 2.72. The van der Waals surface area contributed by atoms with Crippen LogP contribution in [0.3, 0.4) is 0 Å². The van der Waals surface area contributed by atoms with Gasteiger partial charge in [-0.3, -0.25) is 0 Å². The largest absolute Gasteiger partial charge is 0.300 e. The van der Waals surface area contributed by atoms with Crippen molar-refractivity contribution in [1.82, 2.24) is 4.90 Å². The monoisotopic (exact) mass is 323 g/mol. The van der Waals surface area contributed by atoms with E-state index >= 15 is 0 Å². The first-order valence-electron chi connectivity index (χ1n) is 8.84. The quantitative estimate of drug-likeness (QED) is 0.729. The lowest BCUT2D eigenvalue weighted by Gasteiger charge is -2.32. The first-order valence-corrected chi connectivity index (χ1v) is 10.1. The molecule has 2 heteroatoms. The predicted molar refractivity (Wildman–Crippen MR) is 100 cm³/mol. The number of hydrogen-bond donors (Lipinski definition) is 0. The van der Waals surface area contributed by atoms with Crippen molar-refractivity contribution >= 4 is 11.8 Å². The molecule has 0 amide bonds. The fourth-order valence-electron chi connectivity index (χ4n) is 4.20. The Bertz CT molecular complexity index is 688. The zero-order valence-corrected chi connectivity index (χ0v) is 14.7. The first kappa shape index (κ1) is 15.3. The van der Waals surface area contributed by atoms with Crippen molar-refractivity contribution in [3.05, 3.63) is 53.6 Å². The molecular weight excluding hydrogens is 298 g/mol. The lowest BCUT2D eigenvalue weighted by atomic mass is 9.85. The average Bonchev–Trinajstić information content (AvgIpc) is 3.15. The van der Waals surface area contributed by atoms with Gasteiger partial charge in [0, 0.05) is 10.9 Å². The summed E-state index contributed by atoms with van der Waals surface area (Å²) < 4.78 is 0. The van der Waals surface area contributed by atoms with E-state index in [2.05, 4.69) is 53.6 Å². The lowest BCUT2D eigenvalue weighted by molar-refractivity contribution is 0.222. The van der Waals surface area contributed by atoms with E-state index in [0.29, 0.717) is 0 Å². The summed E-state index contributed by atoms with van der Waals surface area (Å²) in [4.78, 5) is 4.10. The third-order valence-electron chi connectivity index (χ3n) is 5.48. The van der Waals surface area contributed by atoms with Gasteiger partial charge in [0.15, 0.2) is 0 Å². The Hall–Kier alpha value is -1.25. The van der Waals surface area contributed by atoms with Crippen molar-refractivity contribution in [2.24, 2.45) is 0 Å². The highest BCUT2D eigenvalue weighted by molar-refractivity contribution is 7.98. The summed E-state index contributed by atoms with van der Waals surface area (Å²) >= 11 is 1.84. The molecule has 2 aromatic rings. The Morgan fingerprint density at radius 1 is 1.00 bits per heavy atom. The van der Waals surface area contributed by atoms with E-state index < -0.39 is 0 Å². The summed E-state index contributed by atoms with van der Waals surface area (Å²) in [5.74, 6) is 0. The van der Waals surface area contributed by atoms with Crippen molar-refractivity contribution in [2.75, 3.05) is 19.3 Å². The normalized spacial score (nSPS) is 21.3. The predicted octanol–water partition coefficient (Wildman–Crippen LogP) is 5.03. The van der Waals surface area contributed by atoms with Gasteiger partial charge in [0.1, 0.15) is 0 Å². The second-order valence-electron chi connectivity index (χ2n) is 6.82. The fourth-order valence-corrected chi connectivity index (χ4v) is 4.83. The Morgan fingerprint density at radius 3 is 2.65 bits per heavy atom. The van der Waals surface area contributed by atoms with Crippen LogP contribution in [0.15, 0.2) is 47.4 Å². The topological polar surface area (TPSA) is 3.24 Å². The molecule has 23 heavy (non-hydrogen) atoms. The van der Waals surface area contributed by atoms with E-state index in [1.165, 1.54) is 61.2 Å². The van der Waals surface area contributed by atoms with Crippen LogP contribution < -0.4 is 0 Å². The third-order valence-corrected chi connectivity index (χ3v) is 6.28. The highest BCUT2D eigenvalue weighted by Gasteiger charge is 2.26. The molecule has 1 fully saturated rings.